The van der Waals surface area contributed by atoms with E-state index >= 15 is 0 Å². The van der Waals surface area contributed by atoms with Gasteiger partial charge in [-0.15, -0.1) is 0 Å². The van der Waals surface area contributed by atoms with E-state index in [1.54, 1.807) is 20.8 Å². The predicted molar refractivity (Wildman–Crippen MR) is 117 cm³/mol. The fourth-order valence-electron chi connectivity index (χ4n) is 3.96. The summed E-state index contributed by atoms with van der Waals surface area (Å²) in [6, 6.07) is 6.75. The molecular formula is C25H26F7NO3. The number of carbonyl (C=O) groups excluding carboxylic acids is 1. The van der Waals surface area contributed by atoms with E-state index in [-0.39, 0.29) is 31.1 Å². The van der Waals surface area contributed by atoms with Crippen LogP contribution in [-0.2, 0) is 28.4 Å². The van der Waals surface area contributed by atoms with E-state index < -0.39 is 59.6 Å². The molecule has 1 saturated heterocycles. The zero-order valence-corrected chi connectivity index (χ0v) is 19.8. The second-order valence-electron chi connectivity index (χ2n) is 9.64. The van der Waals surface area contributed by atoms with E-state index in [4.69, 9.17) is 9.47 Å². The number of benzene rings is 2. The Labute approximate surface area is 204 Å². The summed E-state index contributed by atoms with van der Waals surface area (Å²) < 4.78 is 104. The Bertz CT molecular complexity index is 1030. The van der Waals surface area contributed by atoms with Crippen molar-refractivity contribution in [2.24, 2.45) is 0 Å². The summed E-state index contributed by atoms with van der Waals surface area (Å²) >= 11 is 0. The standard InChI is InChI=1S/C25H26F7NO3/c1-23(2,3)36-22(34)33-9-8-21(20(13-33)16-4-6-19(26)7-5-16)35-14-15-10-17(24(27,28)29)12-18(11-15)25(30,31)32/h4-7,10-12,20-21H,8-9,13-14H2,1-3H3. The first kappa shape index (κ1) is 27.8. The van der Waals surface area contributed by atoms with E-state index in [1.807, 2.05) is 0 Å². The maximum absolute atomic E-state index is 13.5. The van der Waals surface area contributed by atoms with Crippen molar-refractivity contribution >= 4 is 6.09 Å². The van der Waals surface area contributed by atoms with Gasteiger partial charge in [0.1, 0.15) is 11.4 Å². The molecule has 2 aromatic rings. The topological polar surface area (TPSA) is 38.8 Å². The Hall–Kier alpha value is -2.82. The zero-order chi connectivity index (χ0) is 26.9. The van der Waals surface area contributed by atoms with Crippen molar-refractivity contribution in [2.45, 2.75) is 63.8 Å². The number of rotatable bonds is 4. The first-order valence-corrected chi connectivity index (χ1v) is 11.2. The Kier molecular flexibility index (Phi) is 7.92. The number of nitrogens with zero attached hydrogens (tertiary/aromatic N) is 1. The van der Waals surface area contributed by atoms with Gasteiger partial charge in [0.2, 0.25) is 0 Å². The molecule has 3 rings (SSSR count). The maximum Gasteiger partial charge on any atom is 0.416 e. The second kappa shape index (κ2) is 10.3. The average molecular weight is 521 g/mol. The van der Waals surface area contributed by atoms with Crippen LogP contribution in [0.25, 0.3) is 0 Å². The first-order chi connectivity index (χ1) is 16.5. The summed E-state index contributed by atoms with van der Waals surface area (Å²) in [5.41, 5.74) is -3.27. The van der Waals surface area contributed by atoms with Crippen molar-refractivity contribution < 1.29 is 45.0 Å². The minimum Gasteiger partial charge on any atom is -0.444 e. The molecule has 36 heavy (non-hydrogen) atoms. The van der Waals surface area contributed by atoms with Crippen LogP contribution in [0.4, 0.5) is 35.5 Å². The molecular weight excluding hydrogens is 495 g/mol. The van der Waals surface area contributed by atoms with Crippen LogP contribution >= 0.6 is 0 Å². The molecule has 1 aliphatic rings. The molecule has 0 aromatic heterocycles. The van der Waals surface area contributed by atoms with Crippen molar-refractivity contribution in [3.05, 3.63) is 70.5 Å². The van der Waals surface area contributed by atoms with Crippen LogP contribution < -0.4 is 0 Å². The van der Waals surface area contributed by atoms with Gasteiger partial charge in [0.15, 0.2) is 0 Å². The molecule has 0 aliphatic carbocycles. The normalized spacial score (nSPS) is 19.3. The van der Waals surface area contributed by atoms with E-state index in [9.17, 15) is 35.5 Å². The van der Waals surface area contributed by atoms with Crippen molar-refractivity contribution in [1.29, 1.82) is 0 Å². The van der Waals surface area contributed by atoms with Gasteiger partial charge in [0.05, 0.1) is 23.8 Å². The van der Waals surface area contributed by atoms with Gasteiger partial charge in [-0.1, -0.05) is 12.1 Å². The van der Waals surface area contributed by atoms with Gasteiger partial charge >= 0.3 is 18.4 Å². The van der Waals surface area contributed by atoms with E-state index in [0.717, 1.165) is 0 Å². The highest BCUT2D eigenvalue weighted by molar-refractivity contribution is 5.68. The monoisotopic (exact) mass is 521 g/mol. The Morgan fingerprint density at radius 1 is 0.944 bits per heavy atom. The number of ether oxygens (including phenoxy) is 2. The molecule has 2 atom stereocenters. The van der Waals surface area contributed by atoms with Crippen LogP contribution in [0.1, 0.15) is 55.4 Å². The van der Waals surface area contributed by atoms with Crippen LogP contribution in [-0.4, -0.2) is 35.8 Å². The van der Waals surface area contributed by atoms with Gasteiger partial charge in [-0.3, -0.25) is 0 Å². The maximum atomic E-state index is 13.5. The minimum atomic E-state index is -4.97. The average Bonchev–Trinajstić information content (AvgIpc) is 2.75. The molecule has 0 spiro atoms. The fourth-order valence-corrected chi connectivity index (χ4v) is 3.96. The minimum absolute atomic E-state index is 0.0597. The quantitative estimate of drug-likeness (QED) is 0.401. The van der Waals surface area contributed by atoms with Crippen molar-refractivity contribution in [2.75, 3.05) is 13.1 Å². The molecule has 1 heterocycles. The Balaban J connectivity index is 1.84. The number of likely N-dealkylation sites (tertiary alicyclic amines) is 1. The lowest BCUT2D eigenvalue weighted by Crippen LogP contribution is -2.47. The number of carbonyl (C=O) groups is 1. The lowest BCUT2D eigenvalue weighted by Gasteiger charge is -2.39. The van der Waals surface area contributed by atoms with Gasteiger partial charge in [-0.25, -0.2) is 9.18 Å². The summed E-state index contributed by atoms with van der Waals surface area (Å²) in [6.07, 6.45) is -10.9. The molecule has 1 fully saturated rings. The molecule has 4 nitrogen and oxygen atoms in total. The molecule has 1 amide bonds. The SMILES string of the molecule is CC(C)(C)OC(=O)N1CCC(OCc2cc(C(F)(F)F)cc(C(F)(F)F)c2)C(c2ccc(F)cc2)C1. The van der Waals surface area contributed by atoms with Crippen molar-refractivity contribution in [3.63, 3.8) is 0 Å². The highest BCUT2D eigenvalue weighted by Crippen LogP contribution is 2.37. The highest BCUT2D eigenvalue weighted by Gasteiger charge is 2.38. The second-order valence-corrected chi connectivity index (χ2v) is 9.64. The molecule has 198 valence electrons. The van der Waals surface area contributed by atoms with E-state index in [0.29, 0.717) is 17.7 Å². The lowest BCUT2D eigenvalue weighted by molar-refractivity contribution is -0.143. The smallest absolute Gasteiger partial charge is 0.416 e. The van der Waals surface area contributed by atoms with Gasteiger partial charge in [0, 0.05) is 19.0 Å². The summed E-state index contributed by atoms with van der Waals surface area (Å²) in [5, 5.41) is 0. The van der Waals surface area contributed by atoms with Gasteiger partial charge < -0.3 is 14.4 Å². The summed E-state index contributed by atoms with van der Waals surface area (Å²) in [6.45, 7) is 4.94. The number of hydrogen-bond acceptors (Lipinski definition) is 3. The molecule has 11 heteroatoms. The lowest BCUT2D eigenvalue weighted by atomic mass is 9.88. The number of amides is 1. The predicted octanol–water partition coefficient (Wildman–Crippen LogP) is 7.17. The number of halogens is 7. The van der Waals surface area contributed by atoms with Crippen LogP contribution in [0.15, 0.2) is 42.5 Å². The van der Waals surface area contributed by atoms with Crippen LogP contribution in [0.2, 0.25) is 0 Å². The van der Waals surface area contributed by atoms with Crippen molar-refractivity contribution in [3.8, 4) is 0 Å². The third-order valence-corrected chi connectivity index (χ3v) is 5.61. The Morgan fingerprint density at radius 2 is 1.50 bits per heavy atom. The zero-order valence-electron chi connectivity index (χ0n) is 19.8. The molecule has 2 unspecified atom stereocenters. The molecule has 0 bridgehead atoms. The highest BCUT2D eigenvalue weighted by atomic mass is 19.4. The van der Waals surface area contributed by atoms with Gasteiger partial charge in [0.25, 0.3) is 0 Å². The van der Waals surface area contributed by atoms with Crippen LogP contribution in [0.5, 0.6) is 0 Å². The third kappa shape index (κ3) is 7.35. The third-order valence-electron chi connectivity index (χ3n) is 5.61. The molecule has 2 aromatic carbocycles. The summed E-state index contributed by atoms with van der Waals surface area (Å²) in [4.78, 5) is 14.0. The summed E-state index contributed by atoms with van der Waals surface area (Å²) in [7, 11) is 0. The number of piperidine rings is 1. The molecule has 0 saturated carbocycles. The van der Waals surface area contributed by atoms with Crippen molar-refractivity contribution in [1.82, 2.24) is 4.90 Å². The van der Waals surface area contributed by atoms with Crippen LogP contribution in [0.3, 0.4) is 0 Å². The largest absolute Gasteiger partial charge is 0.444 e. The van der Waals surface area contributed by atoms with Crippen LogP contribution in [0, 0.1) is 5.82 Å². The number of alkyl halides is 6. The first-order valence-electron chi connectivity index (χ1n) is 11.2. The van der Waals surface area contributed by atoms with Gasteiger partial charge in [-0.2, -0.15) is 26.3 Å². The number of hydrogen-bond donors (Lipinski definition) is 0. The van der Waals surface area contributed by atoms with E-state index in [2.05, 4.69) is 0 Å². The Morgan fingerprint density at radius 3 is 2.00 bits per heavy atom. The molecule has 0 radical (unpaired) electrons. The van der Waals surface area contributed by atoms with Gasteiger partial charge in [-0.05, 0) is 68.7 Å². The molecule has 1 aliphatic heterocycles. The molecule has 0 N–H and O–H groups in total. The summed E-state index contributed by atoms with van der Waals surface area (Å²) in [5.74, 6) is -1.00. The van der Waals surface area contributed by atoms with E-state index in [1.165, 1.54) is 29.2 Å². The fraction of sp³-hybridized carbons (Fsp3) is 0.480.